The predicted molar refractivity (Wildman–Crippen MR) is 66.5 cm³/mol. The van der Waals surface area contributed by atoms with Crippen LogP contribution in [0.25, 0.3) is 0 Å². The molecule has 15 heavy (non-hydrogen) atoms. The third-order valence-electron chi connectivity index (χ3n) is 1.93. The van der Waals surface area contributed by atoms with Gasteiger partial charge in [-0.3, -0.25) is 0 Å². The molecule has 0 aromatic carbocycles. The monoisotopic (exact) mass is 293 g/mol. The molecular formula is C10H16BrNO2S. The lowest BCUT2D eigenvalue weighted by atomic mass is 10.2. The summed E-state index contributed by atoms with van der Waals surface area (Å²) in [4.78, 5) is 1.20. The van der Waals surface area contributed by atoms with Crippen molar-refractivity contribution in [2.75, 3.05) is 26.8 Å². The maximum Gasteiger partial charge on any atom is 0.0712 e. The Bertz CT molecular complexity index is 280. The predicted octanol–water partition coefficient (Wildman–Crippen LogP) is 1.65. The highest BCUT2D eigenvalue weighted by Gasteiger charge is 2.06. The molecule has 1 heterocycles. The maximum absolute atomic E-state index is 9.70. The van der Waals surface area contributed by atoms with Gasteiger partial charge in [-0.2, -0.15) is 0 Å². The summed E-state index contributed by atoms with van der Waals surface area (Å²) >= 11 is 5.06. The molecule has 2 N–H and O–H groups in total. The number of ether oxygens (including phenoxy) is 1. The molecule has 1 aromatic rings. The molecule has 0 radical (unpaired) electrons. The van der Waals surface area contributed by atoms with Crippen LogP contribution in [-0.4, -0.2) is 38.0 Å². The van der Waals surface area contributed by atoms with Crippen LogP contribution in [0.4, 0.5) is 0 Å². The minimum absolute atomic E-state index is 0.326. The van der Waals surface area contributed by atoms with Gasteiger partial charge in [-0.1, -0.05) is 0 Å². The minimum atomic E-state index is -0.326. The van der Waals surface area contributed by atoms with Crippen molar-refractivity contribution in [2.45, 2.75) is 12.5 Å². The van der Waals surface area contributed by atoms with E-state index < -0.39 is 0 Å². The second-order valence-corrected chi connectivity index (χ2v) is 5.81. The zero-order valence-electron chi connectivity index (χ0n) is 8.70. The van der Waals surface area contributed by atoms with Crippen LogP contribution < -0.4 is 5.32 Å². The SMILES string of the molecule is COCCNCC(O)Cc1ccc(Br)s1. The van der Waals surface area contributed by atoms with Gasteiger partial charge in [-0.05, 0) is 28.1 Å². The Balaban J connectivity index is 2.15. The van der Waals surface area contributed by atoms with Crippen molar-refractivity contribution in [3.63, 3.8) is 0 Å². The summed E-state index contributed by atoms with van der Waals surface area (Å²) < 4.78 is 6.01. The van der Waals surface area contributed by atoms with Gasteiger partial charge in [0.25, 0.3) is 0 Å². The number of hydrogen-bond donors (Lipinski definition) is 2. The Morgan fingerprint density at radius 2 is 2.40 bits per heavy atom. The lowest BCUT2D eigenvalue weighted by Crippen LogP contribution is -2.30. The van der Waals surface area contributed by atoms with E-state index in [9.17, 15) is 5.11 Å². The molecule has 1 atom stereocenters. The Kier molecular flexibility index (Phi) is 6.43. The average Bonchev–Trinajstić information content (AvgIpc) is 2.59. The van der Waals surface area contributed by atoms with Crippen molar-refractivity contribution in [3.8, 4) is 0 Å². The first-order chi connectivity index (χ1) is 7.22. The quantitative estimate of drug-likeness (QED) is 0.751. The summed E-state index contributed by atoms with van der Waals surface area (Å²) in [5.74, 6) is 0. The number of aliphatic hydroxyl groups is 1. The van der Waals surface area contributed by atoms with E-state index >= 15 is 0 Å². The number of halogens is 1. The van der Waals surface area contributed by atoms with Crippen molar-refractivity contribution < 1.29 is 9.84 Å². The number of aliphatic hydroxyl groups excluding tert-OH is 1. The highest BCUT2D eigenvalue weighted by atomic mass is 79.9. The Hall–Kier alpha value is 0.0600. The third kappa shape index (κ3) is 5.63. The second kappa shape index (κ2) is 7.35. The van der Waals surface area contributed by atoms with E-state index in [4.69, 9.17) is 4.74 Å². The molecule has 0 saturated heterocycles. The second-order valence-electron chi connectivity index (χ2n) is 3.26. The molecular weight excluding hydrogens is 278 g/mol. The van der Waals surface area contributed by atoms with Gasteiger partial charge >= 0.3 is 0 Å². The highest BCUT2D eigenvalue weighted by molar-refractivity contribution is 9.11. The lowest BCUT2D eigenvalue weighted by Gasteiger charge is -2.10. The van der Waals surface area contributed by atoms with Crippen molar-refractivity contribution >= 4 is 27.3 Å². The van der Waals surface area contributed by atoms with Crippen molar-refractivity contribution in [1.29, 1.82) is 0 Å². The molecule has 0 spiro atoms. The van der Waals surface area contributed by atoms with Crippen LogP contribution in [-0.2, 0) is 11.2 Å². The van der Waals surface area contributed by atoms with Crippen LogP contribution in [0, 0.1) is 0 Å². The number of methoxy groups -OCH3 is 1. The third-order valence-corrected chi connectivity index (χ3v) is 3.57. The van der Waals surface area contributed by atoms with Crippen molar-refractivity contribution in [1.82, 2.24) is 5.32 Å². The Morgan fingerprint density at radius 3 is 3.00 bits per heavy atom. The van der Waals surface area contributed by atoms with Gasteiger partial charge in [0.15, 0.2) is 0 Å². The molecule has 5 heteroatoms. The molecule has 1 rings (SSSR count). The summed E-state index contributed by atoms with van der Waals surface area (Å²) in [5, 5.41) is 12.8. The van der Waals surface area contributed by atoms with Gasteiger partial charge in [0.05, 0.1) is 16.5 Å². The van der Waals surface area contributed by atoms with Crippen LogP contribution in [0.5, 0.6) is 0 Å². The van der Waals surface area contributed by atoms with Crippen LogP contribution in [0.1, 0.15) is 4.88 Å². The molecule has 0 amide bonds. The topological polar surface area (TPSA) is 41.5 Å². The van der Waals surface area contributed by atoms with E-state index in [1.54, 1.807) is 18.4 Å². The zero-order chi connectivity index (χ0) is 11.1. The first-order valence-electron chi connectivity index (χ1n) is 4.84. The Morgan fingerprint density at radius 1 is 1.60 bits per heavy atom. The van der Waals surface area contributed by atoms with Gasteiger partial charge in [-0.15, -0.1) is 11.3 Å². The van der Waals surface area contributed by atoms with E-state index in [-0.39, 0.29) is 6.10 Å². The lowest BCUT2D eigenvalue weighted by molar-refractivity contribution is 0.160. The number of rotatable bonds is 7. The van der Waals surface area contributed by atoms with E-state index in [1.165, 1.54) is 4.88 Å². The number of thiophene rings is 1. The molecule has 86 valence electrons. The van der Waals surface area contributed by atoms with E-state index in [2.05, 4.69) is 21.2 Å². The molecule has 3 nitrogen and oxygen atoms in total. The normalized spacial score (nSPS) is 13.0. The maximum atomic E-state index is 9.70. The van der Waals surface area contributed by atoms with Crippen LogP contribution in [0.15, 0.2) is 15.9 Å². The molecule has 0 fully saturated rings. The summed E-state index contributed by atoms with van der Waals surface area (Å²) in [6.45, 7) is 2.07. The summed E-state index contributed by atoms with van der Waals surface area (Å²) in [7, 11) is 1.67. The standard InChI is InChI=1S/C10H16BrNO2S/c1-14-5-4-12-7-8(13)6-9-2-3-10(11)15-9/h2-3,8,12-13H,4-7H2,1H3. The van der Waals surface area contributed by atoms with Gasteiger partial charge in [0.2, 0.25) is 0 Å². The first-order valence-corrected chi connectivity index (χ1v) is 6.45. The Labute approximate surface area is 103 Å². The summed E-state index contributed by atoms with van der Waals surface area (Å²) in [6, 6.07) is 4.04. The fraction of sp³-hybridized carbons (Fsp3) is 0.600. The molecule has 0 aliphatic carbocycles. The summed E-state index contributed by atoms with van der Waals surface area (Å²) in [6.07, 6.45) is 0.378. The average molecular weight is 294 g/mol. The van der Waals surface area contributed by atoms with E-state index in [1.807, 2.05) is 12.1 Å². The smallest absolute Gasteiger partial charge is 0.0712 e. The van der Waals surface area contributed by atoms with E-state index in [0.29, 0.717) is 19.6 Å². The molecule has 1 aromatic heterocycles. The largest absolute Gasteiger partial charge is 0.391 e. The fourth-order valence-electron chi connectivity index (χ4n) is 1.21. The molecule has 0 saturated carbocycles. The highest BCUT2D eigenvalue weighted by Crippen LogP contribution is 2.22. The first kappa shape index (κ1) is 13.1. The van der Waals surface area contributed by atoms with Gasteiger partial charge in [0.1, 0.15) is 0 Å². The fourth-order valence-corrected chi connectivity index (χ4v) is 2.76. The van der Waals surface area contributed by atoms with E-state index in [0.717, 1.165) is 10.3 Å². The molecule has 0 aliphatic rings. The number of nitrogens with one attached hydrogen (secondary N) is 1. The van der Waals surface area contributed by atoms with Crippen LogP contribution >= 0.6 is 27.3 Å². The molecule has 0 aliphatic heterocycles. The van der Waals surface area contributed by atoms with Gasteiger partial charge < -0.3 is 15.2 Å². The van der Waals surface area contributed by atoms with Gasteiger partial charge in [-0.25, -0.2) is 0 Å². The minimum Gasteiger partial charge on any atom is -0.391 e. The molecule has 0 bridgehead atoms. The molecule has 1 unspecified atom stereocenters. The van der Waals surface area contributed by atoms with Crippen molar-refractivity contribution in [2.24, 2.45) is 0 Å². The van der Waals surface area contributed by atoms with Gasteiger partial charge in [0, 0.05) is 31.5 Å². The van der Waals surface area contributed by atoms with Crippen LogP contribution in [0.3, 0.4) is 0 Å². The summed E-state index contributed by atoms with van der Waals surface area (Å²) in [5.41, 5.74) is 0. The number of hydrogen-bond acceptors (Lipinski definition) is 4. The zero-order valence-corrected chi connectivity index (χ0v) is 11.1. The van der Waals surface area contributed by atoms with Crippen LogP contribution in [0.2, 0.25) is 0 Å². The van der Waals surface area contributed by atoms with Crippen molar-refractivity contribution in [3.05, 3.63) is 20.8 Å².